The van der Waals surface area contributed by atoms with E-state index in [2.05, 4.69) is 16.8 Å². The van der Waals surface area contributed by atoms with E-state index in [0.717, 1.165) is 49.8 Å². The first-order valence-electron chi connectivity index (χ1n) is 20.1. The first kappa shape index (κ1) is 48.4. The van der Waals surface area contributed by atoms with Crippen LogP contribution in [0.1, 0.15) is 84.3 Å². The number of nitrogens with two attached hydrogens (primary N) is 1. The summed E-state index contributed by atoms with van der Waals surface area (Å²) in [6.07, 6.45) is 5.47. The molecule has 326 valence electrons. The molecule has 12 nitrogen and oxygen atoms in total. The van der Waals surface area contributed by atoms with E-state index in [4.69, 9.17) is 29.8 Å². The predicted molar refractivity (Wildman–Crippen MR) is 241 cm³/mol. The van der Waals surface area contributed by atoms with Gasteiger partial charge in [0.25, 0.3) is 0 Å². The second kappa shape index (κ2) is 23.7. The van der Waals surface area contributed by atoms with Gasteiger partial charge in [-0.15, -0.1) is 22.7 Å². The third kappa shape index (κ3) is 13.4. The third-order valence-electron chi connectivity index (χ3n) is 9.91. The van der Waals surface area contributed by atoms with Crippen LogP contribution >= 0.6 is 22.7 Å². The number of hydrogen-bond acceptors (Lipinski definition) is 14. The van der Waals surface area contributed by atoms with E-state index < -0.39 is 11.9 Å². The summed E-state index contributed by atoms with van der Waals surface area (Å²) in [5, 5.41) is 16.4. The number of Topliss-reactive ketones (excluding diaryl/α,β-unsaturated/α-hetero) is 2. The van der Waals surface area contributed by atoms with Crippen molar-refractivity contribution in [2.24, 2.45) is 5.73 Å². The maximum absolute atomic E-state index is 13.3. The van der Waals surface area contributed by atoms with Gasteiger partial charge in [0, 0.05) is 70.8 Å². The van der Waals surface area contributed by atoms with Crippen molar-refractivity contribution in [1.29, 1.82) is 0 Å². The smallest absolute Gasteiger partial charge is 0.342 e. The summed E-state index contributed by atoms with van der Waals surface area (Å²) in [5.41, 5.74) is 10.3. The number of hydrogen-bond donors (Lipinski definition) is 3. The normalized spacial score (nSPS) is 17.5. The number of thiophene rings is 2. The average Bonchev–Trinajstić information content (AvgIpc) is 3.85. The molecular weight excluding hydrogens is 817 g/mol. The number of aliphatic hydroxyl groups excluding tert-OH is 1. The topological polar surface area (TPSA) is 181 Å². The lowest BCUT2D eigenvalue weighted by Gasteiger charge is -2.31. The van der Waals surface area contributed by atoms with Gasteiger partial charge in [-0.3, -0.25) is 14.4 Å². The van der Waals surface area contributed by atoms with Crippen molar-refractivity contribution in [2.75, 3.05) is 33.5 Å². The second-order valence-electron chi connectivity index (χ2n) is 14.6. The molecule has 3 aliphatic heterocycles. The van der Waals surface area contributed by atoms with Gasteiger partial charge in [0.15, 0.2) is 17.3 Å². The monoisotopic (exact) mass is 872 g/mol. The average molecular weight is 873 g/mol. The summed E-state index contributed by atoms with van der Waals surface area (Å²) >= 11 is 3.22. The van der Waals surface area contributed by atoms with Gasteiger partial charge >= 0.3 is 11.9 Å². The van der Waals surface area contributed by atoms with Crippen LogP contribution in [0.5, 0.6) is 0 Å². The minimum Gasteiger partial charge on any atom is -0.459 e. The van der Waals surface area contributed by atoms with Crippen molar-refractivity contribution < 1.29 is 48.0 Å². The van der Waals surface area contributed by atoms with Crippen LogP contribution < -0.4 is 11.1 Å². The highest BCUT2D eigenvalue weighted by atomic mass is 32.1. The van der Waals surface area contributed by atoms with Gasteiger partial charge in [0.05, 0.1) is 32.0 Å². The lowest BCUT2D eigenvalue weighted by Crippen LogP contribution is -2.33. The molecule has 1 unspecified atom stereocenters. The highest BCUT2D eigenvalue weighted by Gasteiger charge is 2.38. The number of rotatable bonds is 9. The minimum atomic E-state index is -0.542. The Bertz CT molecular complexity index is 2320. The Morgan fingerprint density at radius 2 is 1.25 bits per heavy atom. The fraction of sp³-hybridized carbons (Fsp3) is 0.383. The molecule has 61 heavy (non-hydrogen) atoms. The molecule has 14 heteroatoms. The molecule has 2 fully saturated rings. The number of fused-ring (bicyclic) bond motifs is 2. The number of carbonyl (C=O) groups excluding carboxylic acids is 5. The van der Waals surface area contributed by atoms with Gasteiger partial charge in [-0.25, -0.2) is 9.59 Å². The van der Waals surface area contributed by atoms with E-state index in [9.17, 15) is 24.0 Å². The number of dihydropyridines is 1. The maximum atomic E-state index is 13.3. The lowest BCUT2D eigenvalue weighted by molar-refractivity contribution is -0.150. The highest BCUT2D eigenvalue weighted by molar-refractivity contribution is 7.17. The zero-order valence-corrected chi connectivity index (χ0v) is 37.5. The summed E-state index contributed by atoms with van der Waals surface area (Å²) in [7, 11) is 1.00. The SMILES string of the molecule is CC(=O)/C(=C/c1csc2ccccc12)C(=O)OC1CCOCC1.CC(=O)/C=C(\C)N.CC(=O)C1=C(C)NC(C)=C(C(=O)OC2CCOCC2)C1c1csc2ccccc12.CO. The Labute approximate surface area is 365 Å². The first-order chi connectivity index (χ1) is 29.2. The minimum absolute atomic E-state index is 0.000000000000000444. The van der Waals surface area contributed by atoms with Crippen LogP contribution in [0.3, 0.4) is 0 Å². The van der Waals surface area contributed by atoms with Gasteiger partial charge in [-0.05, 0) is 98.5 Å². The summed E-state index contributed by atoms with van der Waals surface area (Å²) in [5.74, 6) is -1.65. The number of ketones is 3. The third-order valence-corrected chi connectivity index (χ3v) is 11.9. The quantitative estimate of drug-likeness (QED) is 0.0638. The van der Waals surface area contributed by atoms with Crippen LogP contribution in [0.15, 0.2) is 99.2 Å². The van der Waals surface area contributed by atoms with Gasteiger partial charge < -0.3 is 35.1 Å². The summed E-state index contributed by atoms with van der Waals surface area (Å²) in [6, 6.07) is 16.0. The Kier molecular flexibility index (Phi) is 18.8. The molecule has 4 aromatic rings. The Balaban J connectivity index is 0.000000229. The largest absolute Gasteiger partial charge is 0.459 e. The molecule has 5 heterocycles. The zero-order chi connectivity index (χ0) is 44.6. The second-order valence-corrected chi connectivity index (χ2v) is 16.4. The van der Waals surface area contributed by atoms with Crippen LogP contribution in [0.4, 0.5) is 0 Å². The van der Waals surface area contributed by atoms with E-state index in [1.807, 2.05) is 61.7 Å². The molecule has 0 spiro atoms. The first-order valence-corrected chi connectivity index (χ1v) is 21.8. The van der Waals surface area contributed by atoms with Gasteiger partial charge in [0.2, 0.25) is 0 Å². The van der Waals surface area contributed by atoms with E-state index >= 15 is 0 Å². The predicted octanol–water partition coefficient (Wildman–Crippen LogP) is 8.09. The van der Waals surface area contributed by atoms with Gasteiger partial charge in [0.1, 0.15) is 17.8 Å². The van der Waals surface area contributed by atoms with Gasteiger partial charge in [-0.2, -0.15) is 0 Å². The molecule has 0 aliphatic carbocycles. The summed E-state index contributed by atoms with van der Waals surface area (Å²) in [6.45, 7) is 12.3. The number of nitrogens with one attached hydrogen (secondary N) is 1. The Hall–Kier alpha value is -5.25. The maximum Gasteiger partial charge on any atom is 0.342 e. The van der Waals surface area contributed by atoms with Crippen LogP contribution in [0.25, 0.3) is 26.2 Å². The van der Waals surface area contributed by atoms with Crippen LogP contribution in [0.2, 0.25) is 0 Å². The molecule has 2 aromatic carbocycles. The molecule has 0 bridgehead atoms. The molecule has 0 saturated carbocycles. The molecule has 4 N–H and O–H groups in total. The van der Waals surface area contributed by atoms with E-state index in [-0.39, 0.29) is 41.1 Å². The number of benzene rings is 2. The molecule has 3 aliphatic rings. The molecule has 2 aromatic heterocycles. The number of allylic oxidation sites excluding steroid dienone is 5. The number of esters is 2. The standard InChI is InChI=1S/C23H25NO4S.C18H18O4S.C5H9NO.CH4O/c1-13-20(15(3)25)22(18-12-29-19-7-5-4-6-17(18)19)21(14(2)24-13)23(26)28-16-8-10-27-11-9-16;1-12(19)16(18(20)22-14-6-8-21-9-7-14)10-13-11-23-17-5-3-2-4-15(13)17;1-4(6)3-5(2)7;1-2/h4-7,12,16,22,24H,8-11H2,1-3H3;2-5,10-11,14H,6-9H2,1H3;3H,6H2,1-2H3;2H,1H3/b;16-10-;4-3+;. The lowest BCUT2D eigenvalue weighted by atomic mass is 9.79. The summed E-state index contributed by atoms with van der Waals surface area (Å²) in [4.78, 5) is 60.3. The van der Waals surface area contributed by atoms with Crippen molar-refractivity contribution in [3.63, 3.8) is 0 Å². The molecule has 1 atom stereocenters. The van der Waals surface area contributed by atoms with Crippen LogP contribution in [-0.4, -0.2) is 80.1 Å². The molecule has 0 amide bonds. The van der Waals surface area contributed by atoms with Crippen molar-refractivity contribution >= 4 is 78.2 Å². The van der Waals surface area contributed by atoms with Gasteiger partial charge in [-0.1, -0.05) is 36.4 Å². The number of ether oxygens (including phenoxy) is 4. The summed E-state index contributed by atoms with van der Waals surface area (Å²) < 4.78 is 24.2. The molecule has 2 saturated heterocycles. The van der Waals surface area contributed by atoms with Crippen molar-refractivity contribution in [1.82, 2.24) is 5.32 Å². The van der Waals surface area contributed by atoms with E-state index in [0.29, 0.717) is 69.0 Å². The molecule has 0 radical (unpaired) electrons. The van der Waals surface area contributed by atoms with Crippen LogP contribution in [0, 0.1) is 0 Å². The number of aliphatic hydroxyl groups is 1. The van der Waals surface area contributed by atoms with Crippen molar-refractivity contribution in [2.45, 2.75) is 85.4 Å². The highest BCUT2D eigenvalue weighted by Crippen LogP contribution is 2.44. The zero-order valence-electron chi connectivity index (χ0n) is 35.8. The number of carbonyl (C=O) groups is 5. The van der Waals surface area contributed by atoms with E-state index in [1.54, 1.807) is 42.6 Å². The molecular formula is C47H56N2O10S2. The van der Waals surface area contributed by atoms with Crippen molar-refractivity contribution in [3.8, 4) is 0 Å². The van der Waals surface area contributed by atoms with Crippen LogP contribution in [-0.2, 0) is 42.9 Å². The van der Waals surface area contributed by atoms with Crippen molar-refractivity contribution in [3.05, 3.63) is 110 Å². The Morgan fingerprint density at radius 3 is 1.77 bits per heavy atom. The fourth-order valence-electron chi connectivity index (χ4n) is 7.17. The fourth-order valence-corrected chi connectivity index (χ4v) is 9.08. The Morgan fingerprint density at radius 1 is 0.738 bits per heavy atom. The van der Waals surface area contributed by atoms with E-state index in [1.165, 1.54) is 19.9 Å². The molecule has 7 rings (SSSR count).